The van der Waals surface area contributed by atoms with E-state index >= 15 is 0 Å². The Kier molecular flexibility index (Phi) is 7.36. The van der Waals surface area contributed by atoms with E-state index in [1.165, 1.54) is 12.1 Å². The highest BCUT2D eigenvalue weighted by Gasteiger charge is 2.10. The molecule has 22 heavy (non-hydrogen) atoms. The third-order valence-corrected chi connectivity index (χ3v) is 3.23. The standard InChI is InChI=1S/C16H24FN3O2/c1-12(2)8-9-20(3)15(21)11-19-16(22)18-10-13-4-6-14(17)7-5-13/h4-7,12H,8-11H2,1-3H3,(H2,18,19,22). The molecule has 0 radical (unpaired) electrons. The van der Waals surface area contributed by atoms with Crippen molar-refractivity contribution in [2.24, 2.45) is 5.92 Å². The van der Waals surface area contributed by atoms with Gasteiger partial charge in [-0.1, -0.05) is 26.0 Å². The van der Waals surface area contributed by atoms with Gasteiger partial charge in [-0.05, 0) is 30.0 Å². The predicted molar refractivity (Wildman–Crippen MR) is 83.7 cm³/mol. The quantitative estimate of drug-likeness (QED) is 0.810. The lowest BCUT2D eigenvalue weighted by molar-refractivity contribution is -0.128. The fourth-order valence-corrected chi connectivity index (χ4v) is 1.71. The number of carbonyl (C=O) groups is 2. The molecule has 0 saturated heterocycles. The van der Waals surface area contributed by atoms with Gasteiger partial charge < -0.3 is 15.5 Å². The molecule has 0 fully saturated rings. The van der Waals surface area contributed by atoms with Gasteiger partial charge in [-0.2, -0.15) is 0 Å². The fourth-order valence-electron chi connectivity index (χ4n) is 1.71. The molecule has 3 amide bonds. The van der Waals surface area contributed by atoms with Crippen molar-refractivity contribution in [2.75, 3.05) is 20.1 Å². The van der Waals surface area contributed by atoms with Gasteiger partial charge in [-0.3, -0.25) is 4.79 Å². The molecule has 0 aliphatic heterocycles. The molecule has 1 rings (SSSR count). The van der Waals surface area contributed by atoms with E-state index in [1.807, 2.05) is 0 Å². The number of halogens is 1. The van der Waals surface area contributed by atoms with E-state index in [2.05, 4.69) is 24.5 Å². The van der Waals surface area contributed by atoms with E-state index in [4.69, 9.17) is 0 Å². The first kappa shape index (κ1) is 17.9. The monoisotopic (exact) mass is 309 g/mol. The highest BCUT2D eigenvalue weighted by Crippen LogP contribution is 2.02. The Morgan fingerprint density at radius 3 is 2.41 bits per heavy atom. The third-order valence-electron chi connectivity index (χ3n) is 3.23. The van der Waals surface area contributed by atoms with Crippen LogP contribution in [-0.2, 0) is 11.3 Å². The van der Waals surface area contributed by atoms with E-state index in [1.54, 1.807) is 24.1 Å². The maximum absolute atomic E-state index is 12.7. The number of hydrogen-bond donors (Lipinski definition) is 2. The lowest BCUT2D eigenvalue weighted by Gasteiger charge is -2.18. The van der Waals surface area contributed by atoms with Crippen LogP contribution in [0.5, 0.6) is 0 Å². The zero-order valence-corrected chi connectivity index (χ0v) is 13.4. The molecular weight excluding hydrogens is 285 g/mol. The van der Waals surface area contributed by atoms with Gasteiger partial charge in [0.05, 0.1) is 6.54 Å². The number of rotatable bonds is 7. The van der Waals surface area contributed by atoms with Gasteiger partial charge >= 0.3 is 6.03 Å². The first-order valence-corrected chi connectivity index (χ1v) is 7.38. The Labute approximate surface area is 130 Å². The van der Waals surface area contributed by atoms with Gasteiger partial charge in [0.2, 0.25) is 5.91 Å². The van der Waals surface area contributed by atoms with Crippen molar-refractivity contribution >= 4 is 11.9 Å². The molecule has 122 valence electrons. The molecule has 0 aliphatic rings. The predicted octanol–water partition coefficient (Wildman–Crippen LogP) is 2.13. The van der Waals surface area contributed by atoms with E-state index in [-0.39, 0.29) is 24.8 Å². The summed E-state index contributed by atoms with van der Waals surface area (Å²) in [4.78, 5) is 25.0. The summed E-state index contributed by atoms with van der Waals surface area (Å²) in [5.74, 6) is 0.0861. The molecular formula is C16H24FN3O2. The summed E-state index contributed by atoms with van der Waals surface area (Å²) in [6, 6.07) is 5.44. The largest absolute Gasteiger partial charge is 0.344 e. The molecule has 2 N–H and O–H groups in total. The van der Waals surface area contributed by atoms with Gasteiger partial charge in [0.15, 0.2) is 0 Å². The van der Waals surface area contributed by atoms with Crippen molar-refractivity contribution in [3.8, 4) is 0 Å². The molecule has 5 nitrogen and oxygen atoms in total. The van der Waals surface area contributed by atoms with E-state index in [0.717, 1.165) is 12.0 Å². The first-order valence-electron chi connectivity index (χ1n) is 7.38. The Balaban J connectivity index is 2.24. The fraction of sp³-hybridized carbons (Fsp3) is 0.500. The van der Waals surface area contributed by atoms with Crippen LogP contribution in [0.3, 0.4) is 0 Å². The summed E-state index contributed by atoms with van der Waals surface area (Å²) in [5.41, 5.74) is 0.789. The topological polar surface area (TPSA) is 61.4 Å². The summed E-state index contributed by atoms with van der Waals surface area (Å²) >= 11 is 0. The van der Waals surface area contributed by atoms with Gasteiger partial charge in [0.1, 0.15) is 5.82 Å². The minimum absolute atomic E-state index is 0.0379. The smallest absolute Gasteiger partial charge is 0.315 e. The lowest BCUT2D eigenvalue weighted by Crippen LogP contribution is -2.42. The number of nitrogens with zero attached hydrogens (tertiary/aromatic N) is 1. The molecule has 0 heterocycles. The van der Waals surface area contributed by atoms with E-state index < -0.39 is 6.03 Å². The van der Waals surface area contributed by atoms with Crippen LogP contribution in [-0.4, -0.2) is 37.0 Å². The van der Waals surface area contributed by atoms with Crippen LogP contribution in [0.1, 0.15) is 25.8 Å². The first-order chi connectivity index (χ1) is 10.4. The summed E-state index contributed by atoms with van der Waals surface area (Å²) < 4.78 is 12.7. The number of hydrogen-bond acceptors (Lipinski definition) is 2. The maximum atomic E-state index is 12.7. The summed E-state index contributed by atoms with van der Waals surface area (Å²) in [7, 11) is 1.73. The Morgan fingerprint density at radius 1 is 1.18 bits per heavy atom. The van der Waals surface area contributed by atoms with Crippen LogP contribution in [0.15, 0.2) is 24.3 Å². The van der Waals surface area contributed by atoms with Crippen LogP contribution < -0.4 is 10.6 Å². The van der Waals surface area contributed by atoms with Crippen molar-refractivity contribution in [1.29, 1.82) is 0 Å². The van der Waals surface area contributed by atoms with Crippen molar-refractivity contribution in [1.82, 2.24) is 15.5 Å². The Hall–Kier alpha value is -2.11. The van der Waals surface area contributed by atoms with Crippen molar-refractivity contribution in [2.45, 2.75) is 26.8 Å². The molecule has 0 bridgehead atoms. The lowest BCUT2D eigenvalue weighted by atomic mass is 10.1. The van der Waals surface area contributed by atoms with E-state index in [0.29, 0.717) is 12.5 Å². The van der Waals surface area contributed by atoms with E-state index in [9.17, 15) is 14.0 Å². The summed E-state index contributed by atoms with van der Waals surface area (Å²) in [5, 5.41) is 5.14. The molecule has 1 aromatic carbocycles. The summed E-state index contributed by atoms with van der Waals surface area (Å²) in [6.45, 7) is 5.11. The molecule has 6 heteroatoms. The Morgan fingerprint density at radius 2 is 1.82 bits per heavy atom. The van der Waals surface area contributed by atoms with Crippen molar-refractivity contribution < 1.29 is 14.0 Å². The zero-order valence-electron chi connectivity index (χ0n) is 13.4. The SMILES string of the molecule is CC(C)CCN(C)C(=O)CNC(=O)NCc1ccc(F)cc1. The second-order valence-corrected chi connectivity index (χ2v) is 5.66. The highest BCUT2D eigenvalue weighted by atomic mass is 19.1. The number of benzene rings is 1. The third kappa shape index (κ3) is 7.06. The second kappa shape index (κ2) is 9.02. The summed E-state index contributed by atoms with van der Waals surface area (Å²) in [6.07, 6.45) is 0.930. The van der Waals surface area contributed by atoms with Crippen LogP contribution >= 0.6 is 0 Å². The van der Waals surface area contributed by atoms with Gasteiger partial charge in [-0.15, -0.1) is 0 Å². The second-order valence-electron chi connectivity index (χ2n) is 5.66. The number of nitrogens with one attached hydrogen (secondary N) is 2. The molecule has 0 aromatic heterocycles. The van der Waals surface area contributed by atoms with Crippen LogP contribution in [0, 0.1) is 11.7 Å². The van der Waals surface area contributed by atoms with Gasteiger partial charge in [0, 0.05) is 20.1 Å². The molecule has 0 spiro atoms. The Bertz CT molecular complexity index is 489. The molecule has 0 saturated carbocycles. The number of likely N-dealkylation sites (N-methyl/N-ethyl adjacent to an activating group) is 1. The normalized spacial score (nSPS) is 10.4. The average molecular weight is 309 g/mol. The number of amides is 3. The molecule has 0 atom stereocenters. The van der Waals surface area contributed by atoms with Crippen molar-refractivity contribution in [3.63, 3.8) is 0 Å². The highest BCUT2D eigenvalue weighted by molar-refractivity contribution is 5.83. The zero-order chi connectivity index (χ0) is 16.5. The van der Waals surface area contributed by atoms with Crippen LogP contribution in [0.25, 0.3) is 0 Å². The van der Waals surface area contributed by atoms with Gasteiger partial charge in [-0.25, -0.2) is 9.18 Å². The number of carbonyl (C=O) groups excluding carboxylic acids is 2. The molecule has 0 aliphatic carbocycles. The minimum atomic E-state index is -0.421. The minimum Gasteiger partial charge on any atom is -0.344 e. The number of urea groups is 1. The molecule has 0 unspecified atom stereocenters. The average Bonchev–Trinajstić information content (AvgIpc) is 2.49. The van der Waals surface area contributed by atoms with Gasteiger partial charge in [0.25, 0.3) is 0 Å². The van der Waals surface area contributed by atoms with Crippen molar-refractivity contribution in [3.05, 3.63) is 35.6 Å². The van der Waals surface area contributed by atoms with Crippen LogP contribution in [0.2, 0.25) is 0 Å². The maximum Gasteiger partial charge on any atom is 0.315 e. The molecule has 1 aromatic rings. The van der Waals surface area contributed by atoms with Crippen LogP contribution in [0.4, 0.5) is 9.18 Å².